The van der Waals surface area contributed by atoms with Crippen molar-refractivity contribution in [1.29, 1.82) is 0 Å². The molecule has 1 aliphatic carbocycles. The van der Waals surface area contributed by atoms with Crippen LogP contribution in [0.3, 0.4) is 0 Å². The van der Waals surface area contributed by atoms with E-state index in [1.165, 1.54) is 0 Å². The Hall–Kier alpha value is -1.71. The second kappa shape index (κ2) is 6.45. The van der Waals surface area contributed by atoms with Gasteiger partial charge in [0, 0.05) is 25.6 Å². The molecule has 4 heteroatoms. The molecule has 0 saturated heterocycles. The summed E-state index contributed by atoms with van der Waals surface area (Å²) in [4.78, 5) is 13.9. The number of para-hydroxylation sites is 2. The Morgan fingerprint density at radius 3 is 2.74 bits per heavy atom. The van der Waals surface area contributed by atoms with Gasteiger partial charge in [0.05, 0.1) is 11.4 Å². The van der Waals surface area contributed by atoms with Crippen LogP contribution in [-0.2, 0) is 4.79 Å². The predicted molar refractivity (Wildman–Crippen MR) is 79.1 cm³/mol. The number of amides is 1. The fraction of sp³-hybridized carbons (Fsp3) is 0.533. The molecule has 0 unspecified atom stereocenters. The largest absolute Gasteiger partial charge is 0.397 e. The summed E-state index contributed by atoms with van der Waals surface area (Å²) in [6, 6.07) is 8.28. The number of carbonyl (C=O) groups is 1. The molecular weight excluding hydrogens is 238 g/mol. The van der Waals surface area contributed by atoms with Gasteiger partial charge in [0.1, 0.15) is 0 Å². The van der Waals surface area contributed by atoms with Crippen molar-refractivity contribution in [2.75, 3.05) is 23.7 Å². The molecule has 4 nitrogen and oxygen atoms in total. The van der Waals surface area contributed by atoms with Gasteiger partial charge in [-0.3, -0.25) is 4.79 Å². The Labute approximate surface area is 115 Å². The average molecular weight is 261 g/mol. The summed E-state index contributed by atoms with van der Waals surface area (Å²) in [5, 5.41) is 3.02. The predicted octanol–water partition coefficient (Wildman–Crippen LogP) is 2.15. The van der Waals surface area contributed by atoms with Crippen LogP contribution in [0, 0.1) is 0 Å². The Kier molecular flexibility index (Phi) is 4.66. The number of anilines is 2. The van der Waals surface area contributed by atoms with Crippen LogP contribution >= 0.6 is 0 Å². The minimum Gasteiger partial charge on any atom is -0.397 e. The van der Waals surface area contributed by atoms with Gasteiger partial charge in [0.2, 0.25) is 5.91 Å². The highest BCUT2D eigenvalue weighted by Crippen LogP contribution is 2.23. The van der Waals surface area contributed by atoms with Gasteiger partial charge in [-0.25, -0.2) is 0 Å². The molecule has 1 amide bonds. The summed E-state index contributed by atoms with van der Waals surface area (Å²) in [6.07, 6.45) is 3.84. The monoisotopic (exact) mass is 261 g/mol. The molecule has 1 aromatic rings. The molecule has 1 aromatic carbocycles. The van der Waals surface area contributed by atoms with E-state index in [4.69, 9.17) is 5.73 Å². The van der Waals surface area contributed by atoms with E-state index in [9.17, 15) is 4.79 Å². The molecule has 104 valence electrons. The summed E-state index contributed by atoms with van der Waals surface area (Å²) in [5.41, 5.74) is 7.81. The molecule has 0 bridgehead atoms. The van der Waals surface area contributed by atoms with Gasteiger partial charge >= 0.3 is 0 Å². The van der Waals surface area contributed by atoms with Gasteiger partial charge in [-0.05, 0) is 31.4 Å². The van der Waals surface area contributed by atoms with Crippen LogP contribution in [0.4, 0.5) is 11.4 Å². The Bertz CT molecular complexity index is 429. The molecule has 19 heavy (non-hydrogen) atoms. The highest BCUT2D eigenvalue weighted by atomic mass is 16.1. The van der Waals surface area contributed by atoms with Crippen LogP contribution < -0.4 is 16.0 Å². The van der Waals surface area contributed by atoms with Crippen molar-refractivity contribution in [3.63, 3.8) is 0 Å². The first-order valence-electron chi connectivity index (χ1n) is 7.09. The SMILES string of the molecule is CCCN(CCC(=O)NC1CC1)c1ccccc1N. The fourth-order valence-electron chi connectivity index (χ4n) is 2.16. The minimum atomic E-state index is 0.151. The molecule has 0 aromatic heterocycles. The molecule has 1 saturated carbocycles. The molecule has 3 N–H and O–H groups in total. The summed E-state index contributed by atoms with van der Waals surface area (Å²) in [7, 11) is 0. The lowest BCUT2D eigenvalue weighted by Gasteiger charge is -2.25. The van der Waals surface area contributed by atoms with Gasteiger partial charge < -0.3 is 16.0 Å². The van der Waals surface area contributed by atoms with Crippen LogP contribution in [0.25, 0.3) is 0 Å². The van der Waals surface area contributed by atoms with E-state index in [2.05, 4.69) is 17.1 Å². The number of nitrogens with one attached hydrogen (secondary N) is 1. The highest BCUT2D eigenvalue weighted by molar-refractivity contribution is 5.77. The zero-order valence-corrected chi connectivity index (χ0v) is 11.6. The first-order chi connectivity index (χ1) is 9.20. The van der Waals surface area contributed by atoms with Gasteiger partial charge in [0.15, 0.2) is 0 Å². The van der Waals surface area contributed by atoms with Gasteiger partial charge in [-0.1, -0.05) is 19.1 Å². The molecule has 1 aliphatic rings. The lowest BCUT2D eigenvalue weighted by Crippen LogP contribution is -2.32. The molecule has 1 fully saturated rings. The van der Waals surface area contributed by atoms with E-state index in [1.807, 2.05) is 24.3 Å². The quantitative estimate of drug-likeness (QED) is 0.739. The van der Waals surface area contributed by atoms with Gasteiger partial charge in [-0.2, -0.15) is 0 Å². The van der Waals surface area contributed by atoms with Crippen LogP contribution in [0.5, 0.6) is 0 Å². The van der Waals surface area contributed by atoms with E-state index in [0.717, 1.165) is 43.7 Å². The third-order valence-corrected chi connectivity index (χ3v) is 3.32. The fourth-order valence-corrected chi connectivity index (χ4v) is 2.16. The number of rotatable bonds is 7. The number of nitrogens with two attached hydrogens (primary N) is 1. The van der Waals surface area contributed by atoms with Crippen LogP contribution in [0.2, 0.25) is 0 Å². The third kappa shape index (κ3) is 4.16. The maximum absolute atomic E-state index is 11.7. The van der Waals surface area contributed by atoms with Crippen molar-refractivity contribution in [1.82, 2.24) is 5.32 Å². The second-order valence-corrected chi connectivity index (χ2v) is 5.14. The first kappa shape index (κ1) is 13.7. The van der Waals surface area contributed by atoms with Gasteiger partial charge in [0.25, 0.3) is 0 Å². The van der Waals surface area contributed by atoms with Crippen molar-refractivity contribution < 1.29 is 4.79 Å². The summed E-state index contributed by atoms with van der Waals surface area (Å²) in [6.45, 7) is 3.78. The zero-order chi connectivity index (χ0) is 13.7. The summed E-state index contributed by atoms with van der Waals surface area (Å²) in [5.74, 6) is 0.151. The van der Waals surface area contributed by atoms with E-state index < -0.39 is 0 Å². The van der Waals surface area contributed by atoms with E-state index in [1.54, 1.807) is 0 Å². The van der Waals surface area contributed by atoms with Gasteiger partial charge in [-0.15, -0.1) is 0 Å². The smallest absolute Gasteiger partial charge is 0.221 e. The molecule has 0 spiro atoms. The highest BCUT2D eigenvalue weighted by Gasteiger charge is 2.23. The Morgan fingerprint density at radius 1 is 1.37 bits per heavy atom. The van der Waals surface area contributed by atoms with Crippen molar-refractivity contribution in [2.24, 2.45) is 0 Å². The lowest BCUT2D eigenvalue weighted by atomic mass is 10.2. The number of hydrogen-bond donors (Lipinski definition) is 2. The molecule has 2 rings (SSSR count). The second-order valence-electron chi connectivity index (χ2n) is 5.14. The molecular formula is C15H23N3O. The molecule has 0 atom stereocenters. The van der Waals surface area contributed by atoms with E-state index in [0.29, 0.717) is 12.5 Å². The van der Waals surface area contributed by atoms with Crippen molar-refractivity contribution >= 4 is 17.3 Å². The number of hydrogen-bond acceptors (Lipinski definition) is 3. The number of nitrogens with zero attached hydrogens (tertiary/aromatic N) is 1. The maximum atomic E-state index is 11.7. The number of benzene rings is 1. The maximum Gasteiger partial charge on any atom is 0.221 e. The molecule has 0 heterocycles. The number of nitrogen functional groups attached to an aromatic ring is 1. The third-order valence-electron chi connectivity index (χ3n) is 3.32. The zero-order valence-electron chi connectivity index (χ0n) is 11.6. The van der Waals surface area contributed by atoms with Crippen LogP contribution in [0.1, 0.15) is 32.6 Å². The number of carbonyl (C=O) groups excluding carboxylic acids is 1. The van der Waals surface area contributed by atoms with Crippen LogP contribution in [0.15, 0.2) is 24.3 Å². The van der Waals surface area contributed by atoms with Crippen molar-refractivity contribution in [3.05, 3.63) is 24.3 Å². The topological polar surface area (TPSA) is 58.4 Å². The van der Waals surface area contributed by atoms with Crippen molar-refractivity contribution in [3.8, 4) is 0 Å². The standard InChI is InChI=1S/C15H23N3O/c1-2-10-18(14-6-4-3-5-13(14)16)11-9-15(19)17-12-7-8-12/h3-6,12H,2,7-11,16H2,1H3,(H,17,19). The molecule has 0 radical (unpaired) electrons. The Morgan fingerprint density at radius 2 is 2.11 bits per heavy atom. The lowest BCUT2D eigenvalue weighted by molar-refractivity contribution is -0.121. The van der Waals surface area contributed by atoms with E-state index >= 15 is 0 Å². The molecule has 0 aliphatic heterocycles. The summed E-state index contributed by atoms with van der Waals surface area (Å²) >= 11 is 0. The average Bonchev–Trinajstić information content (AvgIpc) is 3.19. The minimum absolute atomic E-state index is 0.151. The Balaban J connectivity index is 1.91. The first-order valence-corrected chi connectivity index (χ1v) is 7.09. The van der Waals surface area contributed by atoms with Crippen LogP contribution in [-0.4, -0.2) is 25.0 Å². The summed E-state index contributed by atoms with van der Waals surface area (Å²) < 4.78 is 0. The normalized spacial score (nSPS) is 14.2. The van der Waals surface area contributed by atoms with Crippen molar-refractivity contribution in [2.45, 2.75) is 38.6 Å². The van der Waals surface area contributed by atoms with E-state index in [-0.39, 0.29) is 5.91 Å².